The third-order valence-electron chi connectivity index (χ3n) is 1.38. The van der Waals surface area contributed by atoms with Gasteiger partial charge in [-0.1, -0.05) is 0 Å². The predicted octanol–water partition coefficient (Wildman–Crippen LogP) is 0.432. The molecule has 0 fully saturated rings. The van der Waals surface area contributed by atoms with E-state index in [0.29, 0.717) is 6.29 Å². The molecule has 3 nitrogen and oxygen atoms in total. The van der Waals surface area contributed by atoms with Gasteiger partial charge in [0.05, 0.1) is 13.2 Å². The van der Waals surface area contributed by atoms with Crippen molar-refractivity contribution >= 4 is 6.29 Å². The van der Waals surface area contributed by atoms with Crippen molar-refractivity contribution in [3.8, 4) is 0 Å². The van der Waals surface area contributed by atoms with Crippen LogP contribution in [0, 0.1) is 0 Å². The summed E-state index contributed by atoms with van der Waals surface area (Å²) in [4.78, 5) is 10.9. The number of hydrogen-bond donors (Lipinski definition) is 1. The molecule has 0 saturated carbocycles. The Hall–Kier alpha value is -0.620. The van der Waals surface area contributed by atoms with E-state index in [1.165, 1.54) is 0 Å². The number of aldehydes is 1. The summed E-state index contributed by atoms with van der Waals surface area (Å²) in [7, 11) is 0. The lowest BCUT2D eigenvalue weighted by Gasteiger charge is -2.21. The smallest absolute Gasteiger partial charge is 0.395 e. The molecule has 0 aliphatic heterocycles. The van der Waals surface area contributed by atoms with E-state index in [4.69, 9.17) is 5.11 Å². The fourth-order valence-corrected chi connectivity index (χ4v) is 0.900. The van der Waals surface area contributed by atoms with Crippen molar-refractivity contribution in [2.75, 3.05) is 26.2 Å². The van der Waals surface area contributed by atoms with Gasteiger partial charge >= 0.3 is 6.18 Å². The van der Waals surface area contributed by atoms with Crippen LogP contribution in [0.5, 0.6) is 0 Å². The van der Waals surface area contributed by atoms with Crippen molar-refractivity contribution < 1.29 is 23.1 Å². The zero-order chi connectivity index (χ0) is 10.3. The highest BCUT2D eigenvalue weighted by Gasteiger charge is 2.30. The number of nitrogens with zero attached hydrogens (tertiary/aromatic N) is 1. The number of aliphatic hydroxyl groups excluding tert-OH is 1. The molecule has 0 aliphatic rings. The molecule has 0 aromatic carbocycles. The highest BCUT2D eigenvalue weighted by molar-refractivity contribution is 5.49. The van der Waals surface area contributed by atoms with E-state index in [0.717, 1.165) is 4.90 Å². The molecule has 0 rings (SSSR count). The van der Waals surface area contributed by atoms with Gasteiger partial charge in [0, 0.05) is 19.5 Å². The average molecular weight is 199 g/mol. The molecule has 0 bridgehead atoms. The summed E-state index contributed by atoms with van der Waals surface area (Å²) in [5, 5.41) is 8.44. The van der Waals surface area contributed by atoms with Gasteiger partial charge in [-0.25, -0.2) is 0 Å². The molecule has 0 radical (unpaired) electrons. The number of rotatable bonds is 6. The van der Waals surface area contributed by atoms with Gasteiger partial charge in [-0.15, -0.1) is 0 Å². The first kappa shape index (κ1) is 12.4. The SMILES string of the molecule is O=CCCN(CCO)CC(F)(F)F. The molecular weight excluding hydrogens is 187 g/mol. The lowest BCUT2D eigenvalue weighted by molar-refractivity contribution is -0.147. The molecule has 6 heteroatoms. The molecule has 0 atom stereocenters. The highest BCUT2D eigenvalue weighted by atomic mass is 19.4. The van der Waals surface area contributed by atoms with Crippen LogP contribution in [0.1, 0.15) is 6.42 Å². The minimum absolute atomic E-state index is 0.0313. The Morgan fingerprint density at radius 2 is 1.92 bits per heavy atom. The first-order chi connectivity index (χ1) is 5.99. The van der Waals surface area contributed by atoms with Crippen molar-refractivity contribution in [1.29, 1.82) is 0 Å². The Bertz CT molecular complexity index is 149. The second kappa shape index (κ2) is 5.93. The lowest BCUT2D eigenvalue weighted by atomic mass is 10.4. The van der Waals surface area contributed by atoms with E-state index in [9.17, 15) is 18.0 Å². The molecular formula is C7H12F3NO2. The summed E-state index contributed by atoms with van der Waals surface area (Å²) in [5.41, 5.74) is 0. The summed E-state index contributed by atoms with van der Waals surface area (Å²) in [5.74, 6) is 0. The van der Waals surface area contributed by atoms with Gasteiger partial charge in [-0.2, -0.15) is 13.2 Å². The predicted molar refractivity (Wildman–Crippen MR) is 40.3 cm³/mol. The number of halogens is 3. The van der Waals surface area contributed by atoms with Crippen LogP contribution < -0.4 is 0 Å². The fraction of sp³-hybridized carbons (Fsp3) is 0.857. The maximum absolute atomic E-state index is 11.8. The van der Waals surface area contributed by atoms with Crippen molar-refractivity contribution in [3.63, 3.8) is 0 Å². The molecule has 0 aliphatic carbocycles. The normalized spacial score (nSPS) is 12.1. The number of carbonyl (C=O) groups is 1. The van der Waals surface area contributed by atoms with Crippen LogP contribution in [0.15, 0.2) is 0 Å². The van der Waals surface area contributed by atoms with Gasteiger partial charge in [-0.05, 0) is 0 Å². The first-order valence-electron chi connectivity index (χ1n) is 3.83. The number of carbonyl (C=O) groups excluding carboxylic acids is 1. The summed E-state index contributed by atoms with van der Waals surface area (Å²) < 4.78 is 35.5. The minimum Gasteiger partial charge on any atom is -0.395 e. The monoisotopic (exact) mass is 199 g/mol. The van der Waals surface area contributed by atoms with Crippen LogP contribution in [0.4, 0.5) is 13.2 Å². The molecule has 0 spiro atoms. The zero-order valence-corrected chi connectivity index (χ0v) is 7.05. The Morgan fingerprint density at radius 3 is 2.31 bits per heavy atom. The molecule has 0 heterocycles. The second-order valence-corrected chi connectivity index (χ2v) is 2.57. The quantitative estimate of drug-likeness (QED) is 0.631. The number of aliphatic hydroxyl groups is 1. The van der Waals surface area contributed by atoms with E-state index in [1.54, 1.807) is 0 Å². The van der Waals surface area contributed by atoms with E-state index >= 15 is 0 Å². The Balaban J connectivity index is 3.86. The van der Waals surface area contributed by atoms with Gasteiger partial charge in [0.25, 0.3) is 0 Å². The third kappa shape index (κ3) is 7.73. The van der Waals surface area contributed by atoms with Crippen molar-refractivity contribution in [2.45, 2.75) is 12.6 Å². The van der Waals surface area contributed by atoms with Crippen LogP contribution in [0.2, 0.25) is 0 Å². The fourth-order valence-electron chi connectivity index (χ4n) is 0.900. The summed E-state index contributed by atoms with van der Waals surface area (Å²) in [6.45, 7) is -1.45. The Labute approximate surface area is 74.1 Å². The first-order valence-corrected chi connectivity index (χ1v) is 3.83. The summed E-state index contributed by atoms with van der Waals surface area (Å²) >= 11 is 0. The largest absolute Gasteiger partial charge is 0.401 e. The maximum Gasteiger partial charge on any atom is 0.401 e. The van der Waals surface area contributed by atoms with Crippen molar-refractivity contribution in [2.24, 2.45) is 0 Å². The van der Waals surface area contributed by atoms with E-state index in [2.05, 4.69) is 0 Å². The maximum atomic E-state index is 11.8. The summed E-state index contributed by atoms with van der Waals surface area (Å²) in [6, 6.07) is 0. The Kier molecular flexibility index (Phi) is 5.65. The van der Waals surface area contributed by atoms with Crippen LogP contribution in [-0.2, 0) is 4.79 Å². The van der Waals surface area contributed by atoms with Crippen LogP contribution in [0.25, 0.3) is 0 Å². The molecule has 78 valence electrons. The molecule has 1 N–H and O–H groups in total. The summed E-state index contributed by atoms with van der Waals surface area (Å²) in [6.07, 6.45) is -3.67. The highest BCUT2D eigenvalue weighted by Crippen LogP contribution is 2.16. The van der Waals surface area contributed by atoms with Crippen molar-refractivity contribution in [1.82, 2.24) is 4.90 Å². The van der Waals surface area contributed by atoms with E-state index < -0.39 is 12.7 Å². The van der Waals surface area contributed by atoms with Gasteiger partial charge in [-0.3, -0.25) is 4.90 Å². The molecule has 0 aromatic rings. The van der Waals surface area contributed by atoms with E-state index in [1.807, 2.05) is 0 Å². The van der Waals surface area contributed by atoms with Gasteiger partial charge in [0.1, 0.15) is 6.29 Å². The molecule has 0 saturated heterocycles. The van der Waals surface area contributed by atoms with Crippen LogP contribution in [0.3, 0.4) is 0 Å². The van der Waals surface area contributed by atoms with Crippen molar-refractivity contribution in [3.05, 3.63) is 0 Å². The minimum atomic E-state index is -4.28. The van der Waals surface area contributed by atoms with E-state index in [-0.39, 0.29) is 26.1 Å². The molecule has 0 amide bonds. The van der Waals surface area contributed by atoms with Crippen LogP contribution in [-0.4, -0.2) is 48.7 Å². The standard InChI is InChI=1S/C7H12F3NO2/c8-7(9,10)6-11(3-5-13)2-1-4-12/h4,13H,1-3,5-6H2. The van der Waals surface area contributed by atoms with Crippen LogP contribution >= 0.6 is 0 Å². The molecule has 13 heavy (non-hydrogen) atoms. The second-order valence-electron chi connectivity index (χ2n) is 2.57. The number of alkyl halides is 3. The topological polar surface area (TPSA) is 40.5 Å². The lowest BCUT2D eigenvalue weighted by Crippen LogP contribution is -2.36. The molecule has 0 aromatic heterocycles. The molecule has 0 unspecified atom stereocenters. The van der Waals surface area contributed by atoms with Gasteiger partial charge < -0.3 is 9.90 Å². The Morgan fingerprint density at radius 1 is 1.31 bits per heavy atom. The number of hydrogen-bond acceptors (Lipinski definition) is 3. The average Bonchev–Trinajstić information content (AvgIpc) is 1.98. The van der Waals surface area contributed by atoms with Gasteiger partial charge in [0.15, 0.2) is 0 Å². The van der Waals surface area contributed by atoms with Gasteiger partial charge in [0.2, 0.25) is 0 Å². The third-order valence-corrected chi connectivity index (χ3v) is 1.38. The zero-order valence-electron chi connectivity index (χ0n) is 7.05.